The van der Waals surface area contributed by atoms with Crippen LogP contribution in [0.2, 0.25) is 0 Å². The Morgan fingerprint density at radius 1 is 1.44 bits per heavy atom. The van der Waals surface area contributed by atoms with E-state index in [9.17, 15) is 8.42 Å². The van der Waals surface area contributed by atoms with Gasteiger partial charge in [0.2, 0.25) is 10.0 Å². The number of nitrogens with one attached hydrogen (secondary N) is 2. The lowest BCUT2D eigenvalue weighted by Crippen LogP contribution is -2.24. The van der Waals surface area contributed by atoms with Crippen LogP contribution < -0.4 is 10.0 Å². The molecule has 7 heteroatoms. The van der Waals surface area contributed by atoms with Crippen molar-refractivity contribution in [1.29, 1.82) is 0 Å². The minimum atomic E-state index is -3.38. The summed E-state index contributed by atoms with van der Waals surface area (Å²) in [6.07, 6.45) is 6.25. The highest BCUT2D eigenvalue weighted by atomic mass is 32.2. The predicted molar refractivity (Wildman–Crippen MR) is 68.7 cm³/mol. The molecule has 1 aliphatic carbocycles. The van der Waals surface area contributed by atoms with Gasteiger partial charge in [-0.05, 0) is 19.3 Å². The second-order valence-corrected chi connectivity index (χ2v) is 6.33. The summed E-state index contributed by atoms with van der Waals surface area (Å²) in [6, 6.07) is 0.662. The van der Waals surface area contributed by atoms with Crippen molar-refractivity contribution in [3.63, 3.8) is 0 Å². The number of sulfonamides is 1. The van der Waals surface area contributed by atoms with Gasteiger partial charge in [0, 0.05) is 25.3 Å². The molecule has 18 heavy (non-hydrogen) atoms. The third-order valence-electron chi connectivity index (χ3n) is 2.81. The molecule has 0 aliphatic heterocycles. The van der Waals surface area contributed by atoms with E-state index >= 15 is 0 Å². The lowest BCUT2D eigenvalue weighted by Gasteiger charge is -2.03. The Labute approximate surface area is 108 Å². The Hall–Kier alpha value is -0.920. The van der Waals surface area contributed by atoms with Crippen molar-refractivity contribution >= 4 is 10.0 Å². The molecule has 0 bridgehead atoms. The number of hydrogen-bond donors (Lipinski definition) is 2. The maximum absolute atomic E-state index is 11.8. The summed E-state index contributed by atoms with van der Waals surface area (Å²) < 4.78 is 27.8. The van der Waals surface area contributed by atoms with Crippen molar-refractivity contribution in [1.82, 2.24) is 19.8 Å². The smallest absolute Gasteiger partial charge is 0.243 e. The van der Waals surface area contributed by atoms with Gasteiger partial charge in [-0.2, -0.15) is 5.10 Å². The van der Waals surface area contributed by atoms with E-state index in [-0.39, 0.29) is 4.90 Å². The fourth-order valence-corrected chi connectivity index (χ4v) is 2.68. The molecule has 1 fully saturated rings. The molecular formula is C11H20N4O2S. The van der Waals surface area contributed by atoms with Gasteiger partial charge in [-0.25, -0.2) is 13.1 Å². The second kappa shape index (κ2) is 5.81. The molecule has 0 atom stereocenters. The van der Waals surface area contributed by atoms with Crippen LogP contribution in [-0.4, -0.2) is 37.3 Å². The van der Waals surface area contributed by atoms with Crippen molar-refractivity contribution in [2.75, 3.05) is 13.1 Å². The first kappa shape index (κ1) is 13.5. The van der Waals surface area contributed by atoms with Gasteiger partial charge >= 0.3 is 0 Å². The van der Waals surface area contributed by atoms with E-state index in [0.717, 1.165) is 13.0 Å². The molecule has 1 heterocycles. The first-order chi connectivity index (χ1) is 8.62. The maximum Gasteiger partial charge on any atom is 0.243 e. The summed E-state index contributed by atoms with van der Waals surface area (Å²) in [5.74, 6) is 0. The lowest BCUT2D eigenvalue weighted by atomic mass is 10.5. The molecule has 0 spiro atoms. The van der Waals surface area contributed by atoms with Crippen molar-refractivity contribution in [3.8, 4) is 0 Å². The van der Waals surface area contributed by atoms with E-state index in [4.69, 9.17) is 0 Å². The van der Waals surface area contributed by atoms with E-state index < -0.39 is 10.0 Å². The molecule has 2 N–H and O–H groups in total. The van der Waals surface area contributed by atoms with Gasteiger partial charge in [0.05, 0.1) is 12.7 Å². The van der Waals surface area contributed by atoms with Crippen LogP contribution in [0.3, 0.4) is 0 Å². The van der Waals surface area contributed by atoms with Crippen LogP contribution in [0.25, 0.3) is 0 Å². The standard InChI is InChI=1S/C11H20N4O2S/c1-2-5-14-18(16,17)11-8-13-15(9-11)7-6-12-10-3-4-10/h8-10,12,14H,2-7H2,1H3. The van der Waals surface area contributed by atoms with Crippen molar-refractivity contribution in [3.05, 3.63) is 12.4 Å². The van der Waals surface area contributed by atoms with Gasteiger partial charge in [0.1, 0.15) is 4.90 Å². The molecule has 0 unspecified atom stereocenters. The molecule has 1 saturated carbocycles. The SMILES string of the molecule is CCCNS(=O)(=O)c1cnn(CCNC2CC2)c1. The average Bonchev–Trinajstić information content (AvgIpc) is 3.02. The Balaban J connectivity index is 1.87. The van der Waals surface area contributed by atoms with Crippen LogP contribution in [0.4, 0.5) is 0 Å². The van der Waals surface area contributed by atoms with E-state index in [0.29, 0.717) is 19.1 Å². The average molecular weight is 272 g/mol. The molecule has 0 radical (unpaired) electrons. The van der Waals surface area contributed by atoms with E-state index in [2.05, 4.69) is 15.1 Å². The summed E-state index contributed by atoms with van der Waals surface area (Å²) in [4.78, 5) is 0.238. The Morgan fingerprint density at radius 2 is 2.22 bits per heavy atom. The molecule has 1 aromatic heterocycles. The minimum absolute atomic E-state index is 0.238. The van der Waals surface area contributed by atoms with Gasteiger partial charge in [0.25, 0.3) is 0 Å². The van der Waals surface area contributed by atoms with Crippen LogP contribution in [0.15, 0.2) is 17.3 Å². The predicted octanol–water partition coefficient (Wildman–Crippen LogP) is 0.323. The highest BCUT2D eigenvalue weighted by Gasteiger charge is 2.20. The van der Waals surface area contributed by atoms with Crippen LogP contribution >= 0.6 is 0 Å². The van der Waals surface area contributed by atoms with E-state index in [1.54, 1.807) is 10.9 Å². The zero-order chi connectivity index (χ0) is 13.0. The number of aromatic nitrogens is 2. The molecular weight excluding hydrogens is 252 g/mol. The van der Waals surface area contributed by atoms with Crippen molar-refractivity contribution in [2.45, 2.75) is 43.7 Å². The first-order valence-electron chi connectivity index (χ1n) is 6.37. The van der Waals surface area contributed by atoms with Crippen molar-refractivity contribution in [2.24, 2.45) is 0 Å². The maximum atomic E-state index is 11.8. The van der Waals surface area contributed by atoms with Crippen molar-refractivity contribution < 1.29 is 8.42 Å². The van der Waals surface area contributed by atoms with Gasteiger partial charge < -0.3 is 5.32 Å². The van der Waals surface area contributed by atoms with Crippen LogP contribution in [0, 0.1) is 0 Å². The minimum Gasteiger partial charge on any atom is -0.312 e. The van der Waals surface area contributed by atoms with Gasteiger partial charge in [-0.15, -0.1) is 0 Å². The molecule has 102 valence electrons. The molecule has 6 nitrogen and oxygen atoms in total. The highest BCUT2D eigenvalue weighted by Crippen LogP contribution is 2.18. The molecule has 0 aromatic carbocycles. The van der Waals surface area contributed by atoms with Crippen LogP contribution in [0.1, 0.15) is 26.2 Å². The van der Waals surface area contributed by atoms with Crippen LogP contribution in [-0.2, 0) is 16.6 Å². The topological polar surface area (TPSA) is 76.0 Å². The van der Waals surface area contributed by atoms with Gasteiger partial charge in [-0.1, -0.05) is 6.92 Å². The summed E-state index contributed by atoms with van der Waals surface area (Å²) in [7, 11) is -3.38. The fraction of sp³-hybridized carbons (Fsp3) is 0.727. The highest BCUT2D eigenvalue weighted by molar-refractivity contribution is 7.89. The quantitative estimate of drug-likeness (QED) is 0.715. The molecule has 1 aromatic rings. The molecule has 2 rings (SSSR count). The zero-order valence-corrected chi connectivity index (χ0v) is 11.4. The first-order valence-corrected chi connectivity index (χ1v) is 7.85. The Morgan fingerprint density at radius 3 is 2.89 bits per heavy atom. The van der Waals surface area contributed by atoms with Gasteiger partial charge in [-0.3, -0.25) is 4.68 Å². The normalized spacial score (nSPS) is 16.1. The lowest BCUT2D eigenvalue weighted by molar-refractivity contribution is 0.551. The molecule has 0 amide bonds. The number of nitrogens with zero attached hydrogens (tertiary/aromatic N) is 2. The third kappa shape index (κ3) is 3.79. The van der Waals surface area contributed by atoms with E-state index in [1.165, 1.54) is 19.0 Å². The van der Waals surface area contributed by atoms with E-state index in [1.807, 2.05) is 6.92 Å². The Bertz CT molecular complexity index is 479. The summed E-state index contributed by atoms with van der Waals surface area (Å²) in [6.45, 7) is 3.90. The zero-order valence-electron chi connectivity index (χ0n) is 10.6. The van der Waals surface area contributed by atoms with Gasteiger partial charge in [0.15, 0.2) is 0 Å². The fourth-order valence-electron chi connectivity index (χ4n) is 1.60. The summed E-state index contributed by atoms with van der Waals surface area (Å²) in [5, 5.41) is 7.43. The molecule has 1 aliphatic rings. The third-order valence-corrected chi connectivity index (χ3v) is 4.23. The number of hydrogen-bond acceptors (Lipinski definition) is 4. The van der Waals surface area contributed by atoms with Crippen LogP contribution in [0.5, 0.6) is 0 Å². The summed E-state index contributed by atoms with van der Waals surface area (Å²) >= 11 is 0. The largest absolute Gasteiger partial charge is 0.312 e. The second-order valence-electron chi connectivity index (χ2n) is 4.57. The Kier molecular flexibility index (Phi) is 4.36. The molecule has 0 saturated heterocycles. The monoisotopic (exact) mass is 272 g/mol. The number of rotatable bonds is 8. The summed E-state index contributed by atoms with van der Waals surface area (Å²) in [5.41, 5.74) is 0.